The van der Waals surface area contributed by atoms with Crippen LogP contribution in [-0.2, 0) is 16.1 Å². The molecule has 0 aliphatic heterocycles. The van der Waals surface area contributed by atoms with Crippen molar-refractivity contribution < 1.29 is 19.1 Å². The molecule has 166 valence electrons. The second kappa shape index (κ2) is 11.0. The maximum Gasteiger partial charge on any atom is 0.410 e. The van der Waals surface area contributed by atoms with Gasteiger partial charge in [-0.1, -0.05) is 36.4 Å². The molecular formula is C23H30N4O4. The summed E-state index contributed by atoms with van der Waals surface area (Å²) >= 11 is 0. The Kier molecular flexibility index (Phi) is 8.43. The predicted molar refractivity (Wildman–Crippen MR) is 121 cm³/mol. The fraction of sp³-hybridized carbons (Fsp3) is 0.348. The lowest BCUT2D eigenvalue weighted by Crippen LogP contribution is -2.34. The Morgan fingerprint density at radius 1 is 0.935 bits per heavy atom. The molecule has 0 heterocycles. The molecule has 0 spiro atoms. The summed E-state index contributed by atoms with van der Waals surface area (Å²) in [5, 5.41) is 8.18. The Bertz CT molecular complexity index is 894. The molecule has 0 aromatic heterocycles. The van der Waals surface area contributed by atoms with Gasteiger partial charge in [-0.2, -0.15) is 0 Å². The molecule has 0 fully saturated rings. The van der Waals surface area contributed by atoms with E-state index >= 15 is 0 Å². The average molecular weight is 427 g/mol. The first kappa shape index (κ1) is 23.7. The zero-order valence-corrected chi connectivity index (χ0v) is 18.4. The Morgan fingerprint density at radius 3 is 2.26 bits per heavy atom. The molecule has 0 aliphatic rings. The van der Waals surface area contributed by atoms with Crippen LogP contribution in [0.4, 0.5) is 21.0 Å². The summed E-state index contributed by atoms with van der Waals surface area (Å²) in [7, 11) is 1.64. The second-order valence-electron chi connectivity index (χ2n) is 8.04. The molecule has 0 unspecified atom stereocenters. The zero-order chi connectivity index (χ0) is 22.9. The highest BCUT2D eigenvalue weighted by molar-refractivity contribution is 5.93. The summed E-state index contributed by atoms with van der Waals surface area (Å²) < 4.78 is 5.36. The molecule has 2 aromatic rings. The summed E-state index contributed by atoms with van der Waals surface area (Å²) in [6, 6.07) is 15.9. The normalized spacial score (nSPS) is 10.7. The number of nitrogens with one attached hydrogen (secondary N) is 3. The molecule has 2 aromatic carbocycles. The van der Waals surface area contributed by atoms with Gasteiger partial charge in [0.25, 0.3) is 0 Å². The number of para-hydroxylation sites is 2. The molecule has 8 heteroatoms. The van der Waals surface area contributed by atoms with Crippen LogP contribution in [0.2, 0.25) is 0 Å². The fourth-order valence-corrected chi connectivity index (χ4v) is 2.64. The lowest BCUT2D eigenvalue weighted by molar-refractivity contribution is -0.116. The number of hydrogen-bond acceptors (Lipinski definition) is 4. The van der Waals surface area contributed by atoms with Gasteiger partial charge in [0, 0.05) is 31.4 Å². The molecule has 4 amide bonds. The number of ether oxygens (including phenoxy) is 1. The van der Waals surface area contributed by atoms with Gasteiger partial charge in [-0.25, -0.2) is 9.59 Å². The monoisotopic (exact) mass is 426 g/mol. The minimum atomic E-state index is -0.584. The molecular weight excluding hydrogens is 396 g/mol. The molecule has 3 N–H and O–H groups in total. The number of carbonyl (C=O) groups is 3. The summed E-state index contributed by atoms with van der Waals surface area (Å²) in [4.78, 5) is 37.9. The van der Waals surface area contributed by atoms with Crippen molar-refractivity contribution >= 4 is 29.4 Å². The van der Waals surface area contributed by atoms with Crippen molar-refractivity contribution in [3.8, 4) is 0 Å². The molecule has 0 radical (unpaired) electrons. The summed E-state index contributed by atoms with van der Waals surface area (Å²) in [6.45, 7) is 5.89. The smallest absolute Gasteiger partial charge is 0.410 e. The van der Waals surface area contributed by atoms with Crippen molar-refractivity contribution in [2.45, 2.75) is 39.3 Å². The van der Waals surface area contributed by atoms with Crippen LogP contribution in [0.15, 0.2) is 54.6 Å². The van der Waals surface area contributed by atoms with Crippen LogP contribution in [0.1, 0.15) is 32.8 Å². The maximum atomic E-state index is 12.3. The minimum absolute atomic E-state index is 0.110. The number of rotatable bonds is 7. The SMILES string of the molecule is CN(Cc1ccccc1NC(=O)CCNC(=O)Nc1ccccc1)C(=O)OC(C)(C)C. The van der Waals surface area contributed by atoms with E-state index in [2.05, 4.69) is 16.0 Å². The molecule has 0 aliphatic carbocycles. The molecule has 0 saturated carbocycles. The second-order valence-corrected chi connectivity index (χ2v) is 8.04. The van der Waals surface area contributed by atoms with Crippen molar-refractivity contribution in [2.24, 2.45) is 0 Å². The van der Waals surface area contributed by atoms with Crippen LogP contribution in [0, 0.1) is 0 Å². The molecule has 0 bridgehead atoms. The molecule has 2 rings (SSSR count). The van der Waals surface area contributed by atoms with Crippen molar-refractivity contribution in [3.63, 3.8) is 0 Å². The van der Waals surface area contributed by atoms with E-state index in [4.69, 9.17) is 4.74 Å². The minimum Gasteiger partial charge on any atom is -0.444 e. The highest BCUT2D eigenvalue weighted by Gasteiger charge is 2.20. The number of nitrogens with zero attached hydrogens (tertiary/aromatic N) is 1. The van der Waals surface area contributed by atoms with E-state index < -0.39 is 11.7 Å². The highest BCUT2D eigenvalue weighted by atomic mass is 16.6. The van der Waals surface area contributed by atoms with Crippen LogP contribution in [0.3, 0.4) is 0 Å². The predicted octanol–water partition coefficient (Wildman–Crippen LogP) is 4.20. The average Bonchev–Trinajstić information content (AvgIpc) is 2.69. The fourth-order valence-electron chi connectivity index (χ4n) is 2.64. The van der Waals surface area contributed by atoms with Crippen LogP contribution >= 0.6 is 0 Å². The third-order valence-electron chi connectivity index (χ3n) is 4.07. The Hall–Kier alpha value is -3.55. The molecule has 0 saturated heterocycles. The van der Waals surface area contributed by atoms with E-state index in [1.165, 1.54) is 4.90 Å². The van der Waals surface area contributed by atoms with Crippen LogP contribution in [0.5, 0.6) is 0 Å². The Labute approximate surface area is 183 Å². The van der Waals surface area contributed by atoms with Crippen molar-refractivity contribution in [1.29, 1.82) is 0 Å². The summed E-state index contributed by atoms with van der Waals surface area (Å²) in [5.41, 5.74) is 1.47. The molecule has 8 nitrogen and oxygen atoms in total. The van der Waals surface area contributed by atoms with E-state index in [0.29, 0.717) is 11.4 Å². The van der Waals surface area contributed by atoms with Crippen LogP contribution in [-0.4, -0.2) is 42.1 Å². The van der Waals surface area contributed by atoms with Crippen LogP contribution < -0.4 is 16.0 Å². The standard InChI is InChI=1S/C23H30N4O4/c1-23(2,3)31-22(30)27(4)16-17-10-8-9-13-19(17)26-20(28)14-15-24-21(29)25-18-11-6-5-7-12-18/h5-13H,14-16H2,1-4H3,(H,26,28)(H2,24,25,29). The largest absolute Gasteiger partial charge is 0.444 e. The first-order valence-electron chi connectivity index (χ1n) is 10.1. The van der Waals surface area contributed by atoms with Gasteiger partial charge in [-0.05, 0) is 44.5 Å². The quantitative estimate of drug-likeness (QED) is 0.618. The molecule has 31 heavy (non-hydrogen) atoms. The molecule has 0 atom stereocenters. The first-order chi connectivity index (χ1) is 14.6. The van der Waals surface area contributed by atoms with E-state index in [1.54, 1.807) is 52.1 Å². The lowest BCUT2D eigenvalue weighted by Gasteiger charge is -2.25. The number of urea groups is 1. The van der Waals surface area contributed by atoms with Crippen molar-refractivity contribution in [3.05, 3.63) is 60.2 Å². The Balaban J connectivity index is 1.83. The van der Waals surface area contributed by atoms with Gasteiger partial charge in [0.05, 0.1) is 6.54 Å². The highest BCUT2D eigenvalue weighted by Crippen LogP contribution is 2.18. The van der Waals surface area contributed by atoms with E-state index in [1.807, 2.05) is 30.3 Å². The van der Waals surface area contributed by atoms with Gasteiger partial charge in [-0.3, -0.25) is 4.79 Å². The number of anilines is 2. The van der Waals surface area contributed by atoms with Crippen molar-refractivity contribution in [1.82, 2.24) is 10.2 Å². The van der Waals surface area contributed by atoms with E-state index in [9.17, 15) is 14.4 Å². The van der Waals surface area contributed by atoms with Gasteiger partial charge in [0.2, 0.25) is 5.91 Å². The zero-order valence-electron chi connectivity index (χ0n) is 18.4. The van der Waals surface area contributed by atoms with Gasteiger partial charge in [0.1, 0.15) is 5.60 Å². The maximum absolute atomic E-state index is 12.3. The topological polar surface area (TPSA) is 99.8 Å². The van der Waals surface area contributed by atoms with E-state index in [0.717, 1.165) is 5.56 Å². The number of hydrogen-bond donors (Lipinski definition) is 3. The van der Waals surface area contributed by atoms with Crippen molar-refractivity contribution in [2.75, 3.05) is 24.2 Å². The van der Waals surface area contributed by atoms with Gasteiger partial charge >= 0.3 is 12.1 Å². The number of carbonyl (C=O) groups excluding carboxylic acids is 3. The van der Waals surface area contributed by atoms with Gasteiger partial charge < -0.3 is 25.6 Å². The Morgan fingerprint density at radius 2 is 1.58 bits per heavy atom. The van der Waals surface area contributed by atoms with Gasteiger partial charge in [0.15, 0.2) is 0 Å². The van der Waals surface area contributed by atoms with Crippen LogP contribution in [0.25, 0.3) is 0 Å². The third-order valence-corrected chi connectivity index (χ3v) is 4.07. The summed E-state index contributed by atoms with van der Waals surface area (Å²) in [5.74, 6) is -0.243. The summed E-state index contributed by atoms with van der Waals surface area (Å²) in [6.07, 6.45) is -0.333. The van der Waals surface area contributed by atoms with E-state index in [-0.39, 0.29) is 31.4 Å². The van der Waals surface area contributed by atoms with Gasteiger partial charge in [-0.15, -0.1) is 0 Å². The lowest BCUT2D eigenvalue weighted by atomic mass is 10.1. The first-order valence-corrected chi connectivity index (χ1v) is 10.1. The third kappa shape index (κ3) is 8.77. The number of benzene rings is 2. The number of amides is 4.